The van der Waals surface area contributed by atoms with Crippen molar-refractivity contribution in [3.8, 4) is 0 Å². The average molecular weight is 276 g/mol. The maximum atomic E-state index is 9.70. The highest BCUT2D eigenvalue weighted by molar-refractivity contribution is 7.11. The Labute approximate surface area is 118 Å². The lowest BCUT2D eigenvalue weighted by molar-refractivity contribution is 0.173. The number of hydrogen-bond donors (Lipinski definition) is 2. The Morgan fingerprint density at radius 1 is 1.26 bits per heavy atom. The fourth-order valence-corrected chi connectivity index (χ4v) is 2.81. The summed E-state index contributed by atoms with van der Waals surface area (Å²) >= 11 is 1.71. The van der Waals surface area contributed by atoms with Crippen LogP contribution in [0.15, 0.2) is 30.3 Å². The van der Waals surface area contributed by atoms with Crippen molar-refractivity contribution in [2.45, 2.75) is 32.9 Å². The lowest BCUT2D eigenvalue weighted by atomic mass is 9.93. The molecule has 0 amide bonds. The molecule has 2 rings (SSSR count). The molecule has 102 valence electrons. The standard InChI is InChI=1S/C15H20N2OS/c1-11-12(2)19-14(17-11)9-16-15(3,10-18)13-7-5-4-6-8-13/h4-8,16,18H,9-10H2,1-3H3. The van der Waals surface area contributed by atoms with Gasteiger partial charge in [0.05, 0.1) is 17.8 Å². The molecule has 1 unspecified atom stereocenters. The van der Waals surface area contributed by atoms with Crippen LogP contribution < -0.4 is 5.32 Å². The molecule has 1 aromatic carbocycles. The van der Waals surface area contributed by atoms with Crippen molar-refractivity contribution in [1.82, 2.24) is 10.3 Å². The fourth-order valence-electron chi connectivity index (χ4n) is 1.94. The number of rotatable bonds is 5. The van der Waals surface area contributed by atoms with E-state index in [1.807, 2.05) is 44.2 Å². The minimum atomic E-state index is -0.436. The van der Waals surface area contributed by atoms with Gasteiger partial charge in [-0.1, -0.05) is 30.3 Å². The van der Waals surface area contributed by atoms with Gasteiger partial charge in [-0.3, -0.25) is 5.32 Å². The van der Waals surface area contributed by atoms with E-state index in [1.54, 1.807) is 11.3 Å². The zero-order valence-corrected chi connectivity index (χ0v) is 12.4. The summed E-state index contributed by atoms with van der Waals surface area (Å²) in [6.45, 7) is 6.85. The number of thiazole rings is 1. The molecule has 2 aromatic rings. The van der Waals surface area contributed by atoms with Crippen molar-refractivity contribution in [1.29, 1.82) is 0 Å². The average Bonchev–Trinajstić information content (AvgIpc) is 2.76. The van der Waals surface area contributed by atoms with E-state index in [9.17, 15) is 5.11 Å². The Balaban J connectivity index is 2.11. The largest absolute Gasteiger partial charge is 0.394 e. The van der Waals surface area contributed by atoms with Crippen LogP contribution in [-0.2, 0) is 12.1 Å². The van der Waals surface area contributed by atoms with Gasteiger partial charge in [-0.15, -0.1) is 11.3 Å². The van der Waals surface area contributed by atoms with Crippen LogP contribution in [0, 0.1) is 13.8 Å². The van der Waals surface area contributed by atoms with Crippen LogP contribution in [0.4, 0.5) is 0 Å². The van der Waals surface area contributed by atoms with E-state index in [-0.39, 0.29) is 6.61 Å². The van der Waals surface area contributed by atoms with E-state index >= 15 is 0 Å². The van der Waals surface area contributed by atoms with E-state index in [0.717, 1.165) is 16.3 Å². The molecule has 0 aliphatic rings. The highest BCUT2D eigenvalue weighted by Gasteiger charge is 2.25. The highest BCUT2D eigenvalue weighted by atomic mass is 32.1. The molecular formula is C15H20N2OS. The molecule has 0 radical (unpaired) electrons. The molecule has 1 atom stereocenters. The minimum absolute atomic E-state index is 0.0559. The van der Waals surface area contributed by atoms with Gasteiger partial charge in [0.15, 0.2) is 0 Å². The molecule has 1 aromatic heterocycles. The number of benzene rings is 1. The van der Waals surface area contributed by atoms with Crippen LogP contribution in [0.1, 0.15) is 28.1 Å². The van der Waals surface area contributed by atoms with Crippen molar-refractivity contribution in [3.63, 3.8) is 0 Å². The summed E-state index contributed by atoms with van der Waals surface area (Å²) in [7, 11) is 0. The normalized spacial score (nSPS) is 14.3. The first-order valence-corrected chi connectivity index (χ1v) is 7.21. The third-order valence-electron chi connectivity index (χ3n) is 3.43. The third kappa shape index (κ3) is 3.21. The van der Waals surface area contributed by atoms with Crippen molar-refractivity contribution in [2.75, 3.05) is 6.61 Å². The molecule has 0 bridgehead atoms. The second-order valence-corrected chi connectivity index (χ2v) is 6.25. The van der Waals surface area contributed by atoms with Crippen LogP contribution in [0.5, 0.6) is 0 Å². The van der Waals surface area contributed by atoms with Gasteiger partial charge in [0, 0.05) is 11.4 Å². The smallest absolute Gasteiger partial charge is 0.107 e. The number of nitrogens with one attached hydrogen (secondary N) is 1. The summed E-state index contributed by atoms with van der Waals surface area (Å²) < 4.78 is 0. The summed E-state index contributed by atoms with van der Waals surface area (Å²) in [6.07, 6.45) is 0. The first-order valence-electron chi connectivity index (χ1n) is 6.39. The van der Waals surface area contributed by atoms with Crippen LogP contribution >= 0.6 is 11.3 Å². The SMILES string of the molecule is Cc1nc(CNC(C)(CO)c2ccccc2)sc1C. The van der Waals surface area contributed by atoms with Crippen LogP contribution in [-0.4, -0.2) is 16.7 Å². The van der Waals surface area contributed by atoms with E-state index in [0.29, 0.717) is 6.54 Å². The highest BCUT2D eigenvalue weighted by Crippen LogP contribution is 2.22. The Hall–Kier alpha value is -1.23. The van der Waals surface area contributed by atoms with Crippen LogP contribution in [0.25, 0.3) is 0 Å². The Morgan fingerprint density at radius 2 is 1.95 bits per heavy atom. The Bertz CT molecular complexity index is 519. The molecular weight excluding hydrogens is 256 g/mol. The van der Waals surface area contributed by atoms with Gasteiger partial charge in [-0.25, -0.2) is 4.98 Å². The quantitative estimate of drug-likeness (QED) is 0.882. The maximum Gasteiger partial charge on any atom is 0.107 e. The van der Waals surface area contributed by atoms with Gasteiger partial charge in [-0.05, 0) is 26.3 Å². The Morgan fingerprint density at radius 3 is 2.47 bits per heavy atom. The number of aryl methyl sites for hydroxylation is 2. The number of aromatic nitrogens is 1. The topological polar surface area (TPSA) is 45.2 Å². The first kappa shape index (κ1) is 14.2. The fraction of sp³-hybridized carbons (Fsp3) is 0.400. The molecule has 0 saturated heterocycles. The molecule has 0 saturated carbocycles. The van der Waals surface area contributed by atoms with Crippen LogP contribution in [0.2, 0.25) is 0 Å². The predicted octanol–water partition coefficient (Wildman–Crippen LogP) is 2.76. The van der Waals surface area contributed by atoms with Crippen molar-refractivity contribution in [2.24, 2.45) is 0 Å². The summed E-state index contributed by atoms with van der Waals surface area (Å²) in [6, 6.07) is 10.0. The van der Waals surface area contributed by atoms with E-state index < -0.39 is 5.54 Å². The summed E-state index contributed by atoms with van der Waals surface area (Å²) in [5.74, 6) is 0. The molecule has 1 heterocycles. The van der Waals surface area contributed by atoms with Gasteiger partial charge in [0.1, 0.15) is 5.01 Å². The zero-order valence-electron chi connectivity index (χ0n) is 11.6. The second-order valence-electron chi connectivity index (χ2n) is 4.96. The van der Waals surface area contributed by atoms with Crippen molar-refractivity contribution < 1.29 is 5.11 Å². The van der Waals surface area contributed by atoms with Crippen molar-refractivity contribution in [3.05, 3.63) is 51.5 Å². The predicted molar refractivity (Wildman–Crippen MR) is 79.3 cm³/mol. The van der Waals surface area contributed by atoms with Crippen molar-refractivity contribution >= 4 is 11.3 Å². The molecule has 0 spiro atoms. The van der Waals surface area contributed by atoms with Gasteiger partial charge in [-0.2, -0.15) is 0 Å². The van der Waals surface area contributed by atoms with Gasteiger partial charge in [0.2, 0.25) is 0 Å². The molecule has 0 fully saturated rings. The lowest BCUT2D eigenvalue weighted by Crippen LogP contribution is -2.42. The first-order chi connectivity index (χ1) is 9.05. The number of hydrogen-bond acceptors (Lipinski definition) is 4. The molecule has 0 aliphatic carbocycles. The molecule has 4 heteroatoms. The van der Waals surface area contributed by atoms with E-state index in [2.05, 4.69) is 17.2 Å². The third-order valence-corrected chi connectivity index (χ3v) is 4.50. The summed E-state index contributed by atoms with van der Waals surface area (Å²) in [5.41, 5.74) is 1.74. The summed E-state index contributed by atoms with van der Waals surface area (Å²) in [4.78, 5) is 5.77. The maximum absolute atomic E-state index is 9.70. The molecule has 3 nitrogen and oxygen atoms in total. The monoisotopic (exact) mass is 276 g/mol. The minimum Gasteiger partial charge on any atom is -0.394 e. The summed E-state index contributed by atoms with van der Waals surface area (Å²) in [5, 5.41) is 14.2. The second kappa shape index (κ2) is 5.82. The molecule has 0 aliphatic heterocycles. The number of aliphatic hydroxyl groups excluding tert-OH is 1. The van der Waals surface area contributed by atoms with Gasteiger partial charge >= 0.3 is 0 Å². The van der Waals surface area contributed by atoms with E-state index in [1.165, 1.54) is 4.88 Å². The lowest BCUT2D eigenvalue weighted by Gasteiger charge is -2.29. The molecule has 19 heavy (non-hydrogen) atoms. The Kier molecular flexibility index (Phi) is 4.34. The molecule has 2 N–H and O–H groups in total. The van der Waals surface area contributed by atoms with Crippen LogP contribution in [0.3, 0.4) is 0 Å². The van der Waals surface area contributed by atoms with Gasteiger partial charge in [0.25, 0.3) is 0 Å². The van der Waals surface area contributed by atoms with Gasteiger partial charge < -0.3 is 5.11 Å². The number of nitrogens with zero attached hydrogens (tertiary/aromatic N) is 1. The number of aliphatic hydroxyl groups is 1. The van der Waals surface area contributed by atoms with E-state index in [4.69, 9.17) is 0 Å². The zero-order chi connectivity index (χ0) is 13.9.